The molecule has 1 aromatic heterocycles. The summed E-state index contributed by atoms with van der Waals surface area (Å²) in [7, 11) is -2.16. The summed E-state index contributed by atoms with van der Waals surface area (Å²) >= 11 is 2.40. The SMILES string of the molecule is COCCN1CC(=O)c2cc(S(N)(=O)=O)sc2S1. The van der Waals surface area contributed by atoms with Crippen molar-refractivity contribution in [2.75, 3.05) is 26.8 Å². The number of ether oxygens (including phenoxy) is 1. The molecular formula is C9H12N2O4S3. The first-order valence-electron chi connectivity index (χ1n) is 5.03. The van der Waals surface area contributed by atoms with Crippen LogP contribution >= 0.6 is 23.3 Å². The van der Waals surface area contributed by atoms with Gasteiger partial charge >= 0.3 is 0 Å². The zero-order valence-corrected chi connectivity index (χ0v) is 12.0. The minimum Gasteiger partial charge on any atom is -0.383 e. The maximum atomic E-state index is 11.9. The number of Topliss-reactive ketones (excluding diaryl/α,β-unsaturated/α-hetero) is 1. The number of fused-ring (bicyclic) bond motifs is 1. The van der Waals surface area contributed by atoms with Crippen LogP contribution in [-0.2, 0) is 14.8 Å². The molecule has 1 aromatic rings. The molecule has 0 aromatic carbocycles. The van der Waals surface area contributed by atoms with Crippen LogP contribution in [0, 0.1) is 0 Å². The highest BCUT2D eigenvalue weighted by Crippen LogP contribution is 2.39. The largest absolute Gasteiger partial charge is 0.383 e. The fourth-order valence-electron chi connectivity index (χ4n) is 1.47. The highest BCUT2D eigenvalue weighted by atomic mass is 32.3. The zero-order valence-electron chi connectivity index (χ0n) is 9.58. The van der Waals surface area contributed by atoms with Gasteiger partial charge in [-0.15, -0.1) is 11.3 Å². The van der Waals surface area contributed by atoms with Crippen LogP contribution < -0.4 is 5.14 Å². The first-order valence-corrected chi connectivity index (χ1v) is 8.17. The van der Waals surface area contributed by atoms with Gasteiger partial charge in [0.1, 0.15) is 4.21 Å². The monoisotopic (exact) mass is 308 g/mol. The summed E-state index contributed by atoms with van der Waals surface area (Å²) in [4.78, 5) is 11.9. The van der Waals surface area contributed by atoms with Gasteiger partial charge in [-0.2, -0.15) is 0 Å². The van der Waals surface area contributed by atoms with Crippen molar-refractivity contribution in [1.82, 2.24) is 4.31 Å². The summed E-state index contributed by atoms with van der Waals surface area (Å²) in [5.74, 6) is -0.0917. The van der Waals surface area contributed by atoms with Gasteiger partial charge in [0.05, 0.1) is 17.4 Å². The quantitative estimate of drug-likeness (QED) is 0.817. The number of rotatable bonds is 4. The second kappa shape index (κ2) is 5.27. The van der Waals surface area contributed by atoms with Crippen LogP contribution in [0.25, 0.3) is 0 Å². The van der Waals surface area contributed by atoms with Gasteiger partial charge in [0, 0.05) is 19.2 Å². The third-order valence-electron chi connectivity index (χ3n) is 2.33. The number of carbonyl (C=O) groups excluding carboxylic acids is 1. The molecule has 100 valence electrons. The predicted molar refractivity (Wildman–Crippen MR) is 69.3 cm³/mol. The van der Waals surface area contributed by atoms with E-state index < -0.39 is 10.0 Å². The average molecular weight is 308 g/mol. The van der Waals surface area contributed by atoms with Crippen LogP contribution in [0.3, 0.4) is 0 Å². The van der Waals surface area contributed by atoms with Crippen molar-refractivity contribution in [1.29, 1.82) is 0 Å². The number of nitrogens with zero attached hydrogens (tertiary/aromatic N) is 1. The molecule has 6 nitrogen and oxygen atoms in total. The molecule has 0 spiro atoms. The fraction of sp³-hybridized carbons (Fsp3) is 0.444. The van der Waals surface area contributed by atoms with E-state index in [0.717, 1.165) is 11.3 Å². The molecule has 1 aliphatic heterocycles. The van der Waals surface area contributed by atoms with E-state index in [9.17, 15) is 13.2 Å². The lowest BCUT2D eigenvalue weighted by atomic mass is 10.2. The van der Waals surface area contributed by atoms with Crippen LogP contribution in [0.15, 0.2) is 14.5 Å². The number of primary sulfonamides is 1. The summed E-state index contributed by atoms with van der Waals surface area (Å²) in [6.07, 6.45) is 0. The topological polar surface area (TPSA) is 89.7 Å². The lowest BCUT2D eigenvalue weighted by Gasteiger charge is -2.23. The van der Waals surface area contributed by atoms with Gasteiger partial charge < -0.3 is 4.74 Å². The molecule has 0 fully saturated rings. The van der Waals surface area contributed by atoms with Crippen molar-refractivity contribution < 1.29 is 17.9 Å². The lowest BCUT2D eigenvalue weighted by Crippen LogP contribution is -2.30. The number of thiophene rings is 1. The van der Waals surface area contributed by atoms with E-state index >= 15 is 0 Å². The zero-order chi connectivity index (χ0) is 13.3. The molecule has 18 heavy (non-hydrogen) atoms. The molecule has 0 saturated heterocycles. The predicted octanol–water partition coefficient (Wildman–Crippen LogP) is 0.547. The highest BCUT2D eigenvalue weighted by molar-refractivity contribution is 7.99. The third-order valence-corrected chi connectivity index (χ3v) is 6.11. The smallest absolute Gasteiger partial charge is 0.247 e. The number of nitrogens with two attached hydrogens (primary N) is 1. The van der Waals surface area contributed by atoms with E-state index in [1.54, 1.807) is 7.11 Å². The Bertz CT molecular complexity index is 566. The van der Waals surface area contributed by atoms with Crippen molar-refractivity contribution in [3.63, 3.8) is 0 Å². The highest BCUT2D eigenvalue weighted by Gasteiger charge is 2.28. The molecule has 2 N–H and O–H groups in total. The number of hydrogen-bond donors (Lipinski definition) is 1. The van der Waals surface area contributed by atoms with E-state index in [4.69, 9.17) is 9.88 Å². The van der Waals surface area contributed by atoms with Crippen molar-refractivity contribution in [2.45, 2.75) is 8.42 Å². The molecule has 0 saturated carbocycles. The Morgan fingerprint density at radius 2 is 2.28 bits per heavy atom. The average Bonchev–Trinajstić information content (AvgIpc) is 2.70. The summed E-state index contributed by atoms with van der Waals surface area (Å²) in [5.41, 5.74) is 0.447. The van der Waals surface area contributed by atoms with Gasteiger partial charge in [-0.1, -0.05) is 0 Å². The Balaban J connectivity index is 2.25. The Morgan fingerprint density at radius 1 is 1.56 bits per heavy atom. The van der Waals surface area contributed by atoms with Crippen LogP contribution in [0.2, 0.25) is 0 Å². The first-order chi connectivity index (χ1) is 8.41. The second-order valence-electron chi connectivity index (χ2n) is 3.68. The standard InChI is InChI=1S/C9H12N2O4S3/c1-15-3-2-11-5-7(12)6-4-8(18(10,13)14)16-9(6)17-11/h4H,2-3,5H2,1H3,(H2,10,13,14). The molecule has 0 aliphatic carbocycles. The molecule has 1 aliphatic rings. The minimum absolute atomic E-state index is 0.0296. The van der Waals surface area contributed by atoms with Gasteiger partial charge in [-0.25, -0.2) is 17.9 Å². The van der Waals surface area contributed by atoms with E-state index in [0.29, 0.717) is 22.9 Å². The number of ketones is 1. The molecule has 2 heterocycles. The summed E-state index contributed by atoms with van der Waals surface area (Å²) in [6.45, 7) is 1.37. The summed E-state index contributed by atoms with van der Waals surface area (Å²) in [6, 6.07) is 1.36. The normalized spacial score (nSPS) is 16.9. The Labute approximate surface area is 113 Å². The molecule has 2 rings (SSSR count). The second-order valence-corrected chi connectivity index (χ2v) is 7.89. The first kappa shape index (κ1) is 14.0. The maximum Gasteiger partial charge on any atom is 0.247 e. The lowest BCUT2D eigenvalue weighted by molar-refractivity contribution is 0.0952. The van der Waals surface area contributed by atoms with Crippen LogP contribution in [0.5, 0.6) is 0 Å². The Hall–Kier alpha value is -0.450. The molecule has 0 bridgehead atoms. The van der Waals surface area contributed by atoms with Crippen molar-refractivity contribution >= 4 is 39.1 Å². The molecular weight excluding hydrogens is 296 g/mol. The van der Waals surface area contributed by atoms with Crippen LogP contribution in [0.1, 0.15) is 10.4 Å². The minimum atomic E-state index is -3.74. The van der Waals surface area contributed by atoms with E-state index in [1.165, 1.54) is 18.0 Å². The summed E-state index contributed by atoms with van der Waals surface area (Å²) in [5, 5.41) is 5.06. The van der Waals surface area contributed by atoms with Crippen molar-refractivity contribution in [2.24, 2.45) is 5.14 Å². The van der Waals surface area contributed by atoms with E-state index in [1.807, 2.05) is 4.31 Å². The Morgan fingerprint density at radius 3 is 2.89 bits per heavy atom. The molecule has 9 heteroatoms. The maximum absolute atomic E-state index is 11.9. The third kappa shape index (κ3) is 2.92. The van der Waals surface area contributed by atoms with E-state index in [2.05, 4.69) is 0 Å². The number of hydrogen-bond acceptors (Lipinski definition) is 7. The molecule has 0 atom stereocenters. The molecule has 0 unspecified atom stereocenters. The molecule has 0 amide bonds. The Kier molecular flexibility index (Phi) is 4.09. The summed E-state index contributed by atoms with van der Waals surface area (Å²) < 4.78 is 30.0. The number of carbonyl (C=O) groups is 1. The van der Waals surface area contributed by atoms with Gasteiger partial charge in [0.2, 0.25) is 10.0 Å². The fourth-order valence-corrected chi connectivity index (χ4v) is 4.85. The number of sulfonamides is 1. The van der Waals surface area contributed by atoms with Crippen LogP contribution in [-0.4, -0.2) is 45.3 Å². The van der Waals surface area contributed by atoms with Gasteiger partial charge in [-0.05, 0) is 18.0 Å². The van der Waals surface area contributed by atoms with E-state index in [-0.39, 0.29) is 16.5 Å². The van der Waals surface area contributed by atoms with Crippen LogP contribution in [0.4, 0.5) is 0 Å². The van der Waals surface area contributed by atoms with Gasteiger partial charge in [0.15, 0.2) is 5.78 Å². The van der Waals surface area contributed by atoms with Crippen molar-refractivity contribution in [3.8, 4) is 0 Å². The van der Waals surface area contributed by atoms with Crippen molar-refractivity contribution in [3.05, 3.63) is 11.6 Å². The molecule has 0 radical (unpaired) electrons. The number of methoxy groups -OCH3 is 1. The van der Waals surface area contributed by atoms with Gasteiger partial charge in [-0.3, -0.25) is 4.79 Å². The van der Waals surface area contributed by atoms with Gasteiger partial charge in [0.25, 0.3) is 0 Å².